The minimum Gasteiger partial charge on any atom is -0.250 e. The second-order valence-corrected chi connectivity index (χ2v) is 5.48. The van der Waals surface area contributed by atoms with Gasteiger partial charge in [0.25, 0.3) is 6.43 Å². The molecule has 1 aromatic heterocycles. The first-order chi connectivity index (χ1) is 6.73. The lowest BCUT2D eigenvalue weighted by molar-refractivity contribution is 0.144. The van der Waals surface area contributed by atoms with Crippen LogP contribution in [0.1, 0.15) is 17.8 Å². The van der Waals surface area contributed by atoms with Crippen molar-refractivity contribution in [2.75, 3.05) is 0 Å². The molecule has 0 amide bonds. The molecule has 2 N–H and O–H groups in total. The van der Waals surface area contributed by atoms with E-state index in [1.54, 1.807) is 22.6 Å². The fraction of sp³-hybridized carbons (Fsp3) is 0.286. The highest BCUT2D eigenvalue weighted by atomic mass is 127. The zero-order valence-electron chi connectivity index (χ0n) is 7.54. The fourth-order valence-corrected chi connectivity index (χ4v) is 2.64. The van der Waals surface area contributed by atoms with Crippen molar-refractivity contribution in [1.82, 2.24) is 4.98 Å². The number of sulfonamides is 1. The molecule has 0 aromatic carbocycles. The van der Waals surface area contributed by atoms with Crippen molar-refractivity contribution in [3.8, 4) is 0 Å². The lowest BCUT2D eigenvalue weighted by Crippen LogP contribution is -2.15. The number of aryl methyl sites for hydroxylation is 1. The zero-order chi connectivity index (χ0) is 11.8. The van der Waals surface area contributed by atoms with Gasteiger partial charge in [-0.05, 0) is 35.6 Å². The molecule has 1 heterocycles. The van der Waals surface area contributed by atoms with Crippen LogP contribution < -0.4 is 5.14 Å². The van der Waals surface area contributed by atoms with Gasteiger partial charge in [0.1, 0.15) is 10.6 Å². The summed E-state index contributed by atoms with van der Waals surface area (Å²) in [6, 6.07) is 1.10. The molecule has 0 fully saturated rings. The van der Waals surface area contributed by atoms with Crippen molar-refractivity contribution >= 4 is 32.6 Å². The van der Waals surface area contributed by atoms with Crippen molar-refractivity contribution in [3.05, 3.63) is 21.0 Å². The number of hydrogen-bond acceptors (Lipinski definition) is 3. The highest BCUT2D eigenvalue weighted by Gasteiger charge is 2.20. The van der Waals surface area contributed by atoms with Gasteiger partial charge in [0.05, 0.1) is 5.69 Å². The molecule has 8 heteroatoms. The molecule has 0 bridgehead atoms. The van der Waals surface area contributed by atoms with Crippen LogP contribution in [0, 0.1) is 10.5 Å². The van der Waals surface area contributed by atoms with E-state index in [9.17, 15) is 17.2 Å². The largest absolute Gasteiger partial charge is 0.281 e. The van der Waals surface area contributed by atoms with Gasteiger partial charge in [0, 0.05) is 3.57 Å². The van der Waals surface area contributed by atoms with E-state index < -0.39 is 22.1 Å². The molecule has 0 saturated carbocycles. The van der Waals surface area contributed by atoms with Crippen LogP contribution in [0.4, 0.5) is 8.78 Å². The molecular formula is C7H7F2IN2O2S. The third-order valence-corrected chi connectivity index (χ3v) is 3.55. The van der Waals surface area contributed by atoms with Crippen LogP contribution in [0.15, 0.2) is 11.0 Å². The number of aromatic nitrogens is 1. The maximum Gasteiger partial charge on any atom is 0.281 e. The van der Waals surface area contributed by atoms with E-state index in [-0.39, 0.29) is 14.2 Å². The van der Waals surface area contributed by atoms with Crippen molar-refractivity contribution in [1.29, 1.82) is 0 Å². The summed E-state index contributed by atoms with van der Waals surface area (Å²) in [5, 5.41) is 4.89. The molecule has 0 aliphatic heterocycles. The second-order valence-electron chi connectivity index (χ2n) is 2.78. The number of alkyl halides is 2. The van der Waals surface area contributed by atoms with Gasteiger partial charge >= 0.3 is 0 Å². The molecule has 0 spiro atoms. The Labute approximate surface area is 99.1 Å². The van der Waals surface area contributed by atoms with Gasteiger partial charge in [-0.15, -0.1) is 0 Å². The van der Waals surface area contributed by atoms with Crippen molar-refractivity contribution < 1.29 is 17.2 Å². The van der Waals surface area contributed by atoms with E-state index in [2.05, 4.69) is 4.98 Å². The number of nitrogens with zero attached hydrogens (tertiary/aromatic N) is 1. The predicted molar refractivity (Wildman–Crippen MR) is 58.0 cm³/mol. The second kappa shape index (κ2) is 4.26. The summed E-state index contributed by atoms with van der Waals surface area (Å²) >= 11 is 1.60. The average molecular weight is 348 g/mol. The Kier molecular flexibility index (Phi) is 3.61. The number of halogens is 3. The normalized spacial score (nSPS) is 12.1. The van der Waals surface area contributed by atoms with Crippen LogP contribution in [0.5, 0.6) is 0 Å². The summed E-state index contributed by atoms with van der Waals surface area (Å²) in [5.74, 6) is 0. The van der Waals surface area contributed by atoms with Crippen LogP contribution in [-0.2, 0) is 10.0 Å². The smallest absolute Gasteiger partial charge is 0.250 e. The van der Waals surface area contributed by atoms with Crippen LogP contribution in [0.25, 0.3) is 0 Å². The molecule has 0 radical (unpaired) electrons. The molecule has 0 aliphatic rings. The maximum absolute atomic E-state index is 12.4. The third-order valence-electron chi connectivity index (χ3n) is 1.66. The van der Waals surface area contributed by atoms with E-state index in [1.807, 2.05) is 0 Å². The van der Waals surface area contributed by atoms with E-state index >= 15 is 0 Å². The van der Waals surface area contributed by atoms with E-state index in [0.717, 1.165) is 6.07 Å². The molecule has 0 unspecified atom stereocenters. The van der Waals surface area contributed by atoms with Crippen molar-refractivity contribution in [2.24, 2.45) is 5.14 Å². The van der Waals surface area contributed by atoms with Gasteiger partial charge < -0.3 is 0 Å². The van der Waals surface area contributed by atoms with Gasteiger partial charge in [0.2, 0.25) is 10.0 Å². The summed E-state index contributed by atoms with van der Waals surface area (Å²) < 4.78 is 46.9. The molecular weight excluding hydrogens is 341 g/mol. The number of nitrogens with two attached hydrogens (primary N) is 1. The van der Waals surface area contributed by atoms with Crippen LogP contribution in [-0.4, -0.2) is 13.4 Å². The van der Waals surface area contributed by atoms with E-state index in [0.29, 0.717) is 0 Å². The van der Waals surface area contributed by atoms with Gasteiger partial charge in [0.15, 0.2) is 0 Å². The topological polar surface area (TPSA) is 73.0 Å². The number of pyridine rings is 1. The Morgan fingerprint density at radius 1 is 1.53 bits per heavy atom. The Hall–Kier alpha value is -0.350. The summed E-state index contributed by atoms with van der Waals surface area (Å²) in [6.45, 7) is 1.32. The molecule has 0 aliphatic carbocycles. The van der Waals surface area contributed by atoms with Crippen LogP contribution in [0.3, 0.4) is 0 Å². The lowest BCUT2D eigenvalue weighted by Gasteiger charge is -2.07. The third kappa shape index (κ3) is 2.82. The Morgan fingerprint density at radius 2 is 2.07 bits per heavy atom. The first-order valence-electron chi connectivity index (χ1n) is 3.71. The summed E-state index contributed by atoms with van der Waals surface area (Å²) in [7, 11) is -3.91. The highest BCUT2D eigenvalue weighted by Crippen LogP contribution is 2.25. The Morgan fingerprint density at radius 3 is 2.47 bits per heavy atom. The first-order valence-corrected chi connectivity index (χ1v) is 6.34. The lowest BCUT2D eigenvalue weighted by atomic mass is 10.3. The standard InChI is InChI=1S/C7H7F2IN2O2S/c1-3-5(15(11,13)14)2-4(10)6(12-3)7(8)9/h2,7H,1H3,(H2,11,13,14). The van der Waals surface area contributed by atoms with E-state index in [1.165, 1.54) is 6.92 Å². The van der Waals surface area contributed by atoms with Crippen molar-refractivity contribution in [3.63, 3.8) is 0 Å². The van der Waals surface area contributed by atoms with Gasteiger partial charge in [-0.3, -0.25) is 0 Å². The molecule has 15 heavy (non-hydrogen) atoms. The average Bonchev–Trinajstić information content (AvgIpc) is 2.06. The molecule has 0 saturated heterocycles. The minimum absolute atomic E-state index is 0.0202. The monoisotopic (exact) mass is 348 g/mol. The zero-order valence-corrected chi connectivity index (χ0v) is 10.5. The first kappa shape index (κ1) is 12.7. The van der Waals surface area contributed by atoms with Gasteiger partial charge in [-0.2, -0.15) is 0 Å². The van der Waals surface area contributed by atoms with Gasteiger partial charge in [-0.25, -0.2) is 27.3 Å². The molecule has 1 aromatic rings. The quantitative estimate of drug-likeness (QED) is 0.825. The highest BCUT2D eigenvalue weighted by molar-refractivity contribution is 14.1. The fourth-order valence-electron chi connectivity index (χ4n) is 1.02. The maximum atomic E-state index is 12.4. The van der Waals surface area contributed by atoms with Crippen molar-refractivity contribution in [2.45, 2.75) is 18.2 Å². The Balaban J connectivity index is 3.46. The van der Waals surface area contributed by atoms with Gasteiger partial charge in [-0.1, -0.05) is 0 Å². The van der Waals surface area contributed by atoms with E-state index in [4.69, 9.17) is 5.14 Å². The molecule has 84 valence electrons. The summed E-state index contributed by atoms with van der Waals surface area (Å²) in [6.07, 6.45) is -2.73. The molecule has 4 nitrogen and oxygen atoms in total. The summed E-state index contributed by atoms with van der Waals surface area (Å²) in [4.78, 5) is 3.30. The molecule has 0 atom stereocenters. The van der Waals surface area contributed by atoms with Crippen LogP contribution >= 0.6 is 22.6 Å². The van der Waals surface area contributed by atoms with Crippen LogP contribution in [0.2, 0.25) is 0 Å². The minimum atomic E-state index is -3.91. The SMILES string of the molecule is Cc1nc(C(F)F)c(I)cc1S(N)(=O)=O. The number of primary sulfonamides is 1. The number of hydrogen-bond donors (Lipinski definition) is 1. The summed E-state index contributed by atoms with van der Waals surface area (Å²) in [5.41, 5.74) is -0.450. The number of rotatable bonds is 2. The predicted octanol–water partition coefficient (Wildman–Crippen LogP) is 1.58. The molecule has 1 rings (SSSR count). The Bertz CT molecular complexity index is 490.